The van der Waals surface area contributed by atoms with Crippen LogP contribution in [0.15, 0.2) is 48.5 Å². The molecular formula is C29H39F3N4O5Si. The van der Waals surface area contributed by atoms with E-state index in [2.05, 4.69) is 54.3 Å². The van der Waals surface area contributed by atoms with E-state index in [1.807, 2.05) is 30.3 Å². The summed E-state index contributed by atoms with van der Waals surface area (Å²) in [5.74, 6) is 0.254. The Morgan fingerprint density at radius 1 is 1.05 bits per heavy atom. The average molecular weight is 609 g/mol. The molecule has 0 radical (unpaired) electrons. The Balaban J connectivity index is 1.77. The van der Waals surface area contributed by atoms with Gasteiger partial charge >= 0.3 is 12.4 Å². The van der Waals surface area contributed by atoms with Crippen LogP contribution in [0, 0.1) is 6.92 Å². The fourth-order valence-electron chi connectivity index (χ4n) is 3.75. The van der Waals surface area contributed by atoms with E-state index < -0.39 is 26.5 Å². The number of carbonyl (C=O) groups excluding carboxylic acids is 1. The minimum Gasteiger partial charge on any atom is -0.474 e. The molecule has 2 N–H and O–H groups in total. The molecule has 0 atom stereocenters. The van der Waals surface area contributed by atoms with Gasteiger partial charge in [-0.15, -0.1) is 18.3 Å². The Kier molecular flexibility index (Phi) is 10.7. The maximum absolute atomic E-state index is 13.0. The highest BCUT2D eigenvalue weighted by atomic mass is 28.4. The molecule has 0 spiro atoms. The molecule has 1 aromatic heterocycles. The molecule has 2 amide bonds. The van der Waals surface area contributed by atoms with Crippen molar-refractivity contribution in [3.8, 4) is 17.3 Å². The number of carbonyl (C=O) groups is 1. The van der Waals surface area contributed by atoms with Crippen LogP contribution in [0.2, 0.25) is 18.1 Å². The highest BCUT2D eigenvalue weighted by Gasteiger charge is 2.37. The van der Waals surface area contributed by atoms with Gasteiger partial charge < -0.3 is 24.0 Å². The number of halogens is 3. The summed E-state index contributed by atoms with van der Waals surface area (Å²) in [5, 5.41) is 10.0. The van der Waals surface area contributed by atoms with E-state index in [1.165, 1.54) is 30.0 Å². The Hall–Kier alpha value is -3.55. The quantitative estimate of drug-likeness (QED) is 0.171. The van der Waals surface area contributed by atoms with Crippen molar-refractivity contribution < 1.29 is 36.6 Å². The summed E-state index contributed by atoms with van der Waals surface area (Å²) < 4.78 is 61.8. The van der Waals surface area contributed by atoms with Crippen molar-refractivity contribution in [1.82, 2.24) is 15.1 Å². The first kappa shape index (κ1) is 33.0. The molecule has 0 aliphatic rings. The number of nitrogens with zero attached hydrogens (tertiary/aromatic N) is 2. The van der Waals surface area contributed by atoms with Crippen molar-refractivity contribution in [2.45, 2.75) is 65.3 Å². The van der Waals surface area contributed by atoms with Crippen molar-refractivity contribution in [2.24, 2.45) is 0 Å². The van der Waals surface area contributed by atoms with Crippen molar-refractivity contribution in [2.75, 3.05) is 25.6 Å². The van der Waals surface area contributed by atoms with Crippen LogP contribution in [0.1, 0.15) is 37.5 Å². The summed E-state index contributed by atoms with van der Waals surface area (Å²) in [6, 6.07) is 12.7. The van der Waals surface area contributed by atoms with E-state index in [0.717, 1.165) is 0 Å². The second-order valence-corrected chi connectivity index (χ2v) is 16.0. The van der Waals surface area contributed by atoms with E-state index in [4.69, 9.17) is 13.9 Å². The third-order valence-corrected chi connectivity index (χ3v) is 11.5. The van der Waals surface area contributed by atoms with E-state index in [-0.39, 0.29) is 30.4 Å². The molecule has 0 aliphatic carbocycles. The van der Waals surface area contributed by atoms with Crippen LogP contribution in [-0.2, 0) is 22.3 Å². The summed E-state index contributed by atoms with van der Waals surface area (Å²) in [7, 11) is -0.474. The number of para-hydroxylation sites is 1. The largest absolute Gasteiger partial charge is 0.573 e. The van der Waals surface area contributed by atoms with Crippen molar-refractivity contribution in [3.05, 3.63) is 65.2 Å². The highest BCUT2D eigenvalue weighted by molar-refractivity contribution is 6.74. The molecule has 13 heteroatoms. The zero-order valence-electron chi connectivity index (χ0n) is 25.0. The fourth-order valence-corrected chi connectivity index (χ4v) is 4.77. The van der Waals surface area contributed by atoms with Crippen LogP contribution >= 0.6 is 0 Å². The smallest absolute Gasteiger partial charge is 0.474 e. The molecule has 0 aliphatic heterocycles. The third-order valence-electron chi connectivity index (χ3n) is 7.00. The number of aromatic nitrogens is 2. The molecule has 2 aromatic carbocycles. The molecule has 42 heavy (non-hydrogen) atoms. The number of urea groups is 1. The fraction of sp³-hybridized carbons (Fsp3) is 0.448. The van der Waals surface area contributed by atoms with Crippen LogP contribution in [0.4, 0.5) is 23.8 Å². The van der Waals surface area contributed by atoms with E-state index in [1.54, 1.807) is 6.92 Å². The van der Waals surface area contributed by atoms with E-state index in [9.17, 15) is 18.0 Å². The molecule has 0 unspecified atom stereocenters. The summed E-state index contributed by atoms with van der Waals surface area (Å²) in [5.41, 5.74) is 2.01. The molecular weight excluding hydrogens is 569 g/mol. The summed E-state index contributed by atoms with van der Waals surface area (Å²) in [4.78, 5) is 13.0. The Bertz CT molecular complexity index is 1340. The topological polar surface area (TPSA) is 95.9 Å². The lowest BCUT2D eigenvalue weighted by atomic mass is 10.1. The number of anilines is 1. The Morgan fingerprint density at radius 3 is 2.36 bits per heavy atom. The predicted octanol–water partition coefficient (Wildman–Crippen LogP) is 6.95. The predicted molar refractivity (Wildman–Crippen MR) is 157 cm³/mol. The number of hydrogen-bond donors (Lipinski definition) is 2. The number of hydrogen-bond acceptors (Lipinski definition) is 6. The Labute approximate surface area is 245 Å². The number of ether oxygens (including phenoxy) is 3. The summed E-state index contributed by atoms with van der Waals surface area (Å²) >= 11 is 0. The lowest BCUT2D eigenvalue weighted by Gasteiger charge is -2.36. The summed E-state index contributed by atoms with van der Waals surface area (Å²) in [6.45, 7) is 13.2. The normalized spacial score (nSPS) is 12.2. The first-order valence-corrected chi connectivity index (χ1v) is 16.4. The summed E-state index contributed by atoms with van der Waals surface area (Å²) in [6.07, 6.45) is -4.88. The van der Waals surface area contributed by atoms with Crippen LogP contribution in [0.3, 0.4) is 0 Å². The monoisotopic (exact) mass is 608 g/mol. The van der Waals surface area contributed by atoms with Gasteiger partial charge in [0.05, 0.1) is 24.5 Å². The minimum absolute atomic E-state index is 0.0625. The molecule has 0 saturated heterocycles. The standard InChI is InChI=1S/C29H39F3N4O5Si/c1-20-25(34-27(37)33-18-22-17-21(19-38-5)13-14-24(22)41-29(30,31)32)36(23-11-9-8-10-12-23)35-26(20)39-15-16-40-42(6,7)28(2,3)4/h8-14,17H,15-16,18-19H2,1-7H3,(H2,33,34,37). The van der Waals surface area contributed by atoms with Gasteiger partial charge in [0.25, 0.3) is 0 Å². The van der Waals surface area contributed by atoms with Crippen LogP contribution in [0.25, 0.3) is 5.69 Å². The zero-order valence-corrected chi connectivity index (χ0v) is 26.0. The molecule has 0 saturated carbocycles. The van der Waals surface area contributed by atoms with Crippen molar-refractivity contribution >= 4 is 20.2 Å². The van der Waals surface area contributed by atoms with Gasteiger partial charge in [-0.25, -0.2) is 9.48 Å². The number of rotatable bonds is 12. The lowest BCUT2D eigenvalue weighted by Crippen LogP contribution is -2.41. The first-order chi connectivity index (χ1) is 19.6. The van der Waals surface area contributed by atoms with Gasteiger partial charge in [-0.2, -0.15) is 0 Å². The SMILES string of the molecule is COCc1ccc(OC(F)(F)F)c(CNC(=O)Nc2c(C)c(OCCO[Si](C)(C)C(C)(C)C)nn2-c2ccccc2)c1. The molecule has 0 fully saturated rings. The molecule has 0 bridgehead atoms. The van der Waals surface area contributed by atoms with Crippen molar-refractivity contribution in [1.29, 1.82) is 0 Å². The number of amides is 2. The number of alkyl halides is 3. The molecule has 1 heterocycles. The molecule has 230 valence electrons. The highest BCUT2D eigenvalue weighted by Crippen LogP contribution is 2.36. The second-order valence-electron chi connectivity index (χ2n) is 11.2. The second kappa shape index (κ2) is 13.6. The van der Waals surface area contributed by atoms with Gasteiger partial charge in [0.1, 0.15) is 18.2 Å². The molecule has 3 aromatic rings. The third kappa shape index (κ3) is 8.97. The number of benzene rings is 2. The van der Waals surface area contributed by atoms with E-state index >= 15 is 0 Å². The van der Waals surface area contributed by atoms with Gasteiger partial charge in [0, 0.05) is 19.2 Å². The van der Waals surface area contributed by atoms with Crippen LogP contribution in [-0.4, -0.2) is 50.8 Å². The average Bonchev–Trinajstić information content (AvgIpc) is 3.20. The van der Waals surface area contributed by atoms with Crippen molar-refractivity contribution in [3.63, 3.8) is 0 Å². The molecule has 3 rings (SSSR count). The Morgan fingerprint density at radius 2 is 1.74 bits per heavy atom. The number of methoxy groups -OCH3 is 1. The van der Waals surface area contributed by atoms with Crippen LogP contribution in [0.5, 0.6) is 11.6 Å². The van der Waals surface area contributed by atoms with Gasteiger partial charge in [-0.1, -0.05) is 45.0 Å². The maximum atomic E-state index is 13.0. The zero-order chi connectivity index (χ0) is 31.1. The number of nitrogens with one attached hydrogen (secondary N) is 2. The van der Waals surface area contributed by atoms with Gasteiger partial charge in [-0.3, -0.25) is 5.32 Å². The van der Waals surface area contributed by atoms with Crippen LogP contribution < -0.4 is 20.1 Å². The first-order valence-electron chi connectivity index (χ1n) is 13.4. The lowest BCUT2D eigenvalue weighted by molar-refractivity contribution is -0.274. The van der Waals surface area contributed by atoms with E-state index in [0.29, 0.717) is 35.1 Å². The van der Waals surface area contributed by atoms with Gasteiger partial charge in [-0.05, 0) is 54.9 Å². The van der Waals surface area contributed by atoms with Gasteiger partial charge in [0.2, 0.25) is 5.88 Å². The minimum atomic E-state index is -4.88. The maximum Gasteiger partial charge on any atom is 0.573 e. The van der Waals surface area contributed by atoms with Gasteiger partial charge in [0.15, 0.2) is 8.32 Å². The molecule has 9 nitrogen and oxygen atoms in total.